The van der Waals surface area contributed by atoms with Crippen molar-refractivity contribution in [2.75, 3.05) is 7.11 Å². The van der Waals surface area contributed by atoms with E-state index in [4.69, 9.17) is 4.74 Å². The van der Waals surface area contributed by atoms with Crippen LogP contribution in [-0.2, 0) is 22.4 Å². The maximum absolute atomic E-state index is 11.7. The van der Waals surface area contributed by atoms with E-state index in [0.29, 0.717) is 18.2 Å². The first-order valence-electron chi connectivity index (χ1n) is 7.88. The van der Waals surface area contributed by atoms with Crippen molar-refractivity contribution >= 4 is 12.3 Å². The third kappa shape index (κ3) is 2.61. The molecule has 1 aromatic rings. The summed E-state index contributed by atoms with van der Waals surface area (Å²) >= 11 is 0. The highest BCUT2D eigenvalue weighted by molar-refractivity contribution is 5.77. The number of nitrogens with zero attached hydrogens (tertiary/aromatic N) is 2. The van der Waals surface area contributed by atoms with Crippen molar-refractivity contribution < 1.29 is 14.3 Å². The second-order valence-corrected chi connectivity index (χ2v) is 6.13. The lowest BCUT2D eigenvalue weighted by Gasteiger charge is -2.26. The van der Waals surface area contributed by atoms with Gasteiger partial charge in [-0.25, -0.2) is 0 Å². The van der Waals surface area contributed by atoms with Crippen molar-refractivity contribution in [1.82, 2.24) is 9.78 Å². The molecule has 114 valence electrons. The average molecular weight is 290 g/mol. The molecule has 0 radical (unpaired) electrons. The highest BCUT2D eigenvalue weighted by Gasteiger charge is 2.32. The number of carbonyl (C=O) groups is 2. The van der Waals surface area contributed by atoms with Crippen LogP contribution in [0.1, 0.15) is 66.3 Å². The maximum Gasteiger partial charge on any atom is 0.309 e. The van der Waals surface area contributed by atoms with Gasteiger partial charge in [0.2, 0.25) is 0 Å². The number of fused-ring (bicyclic) bond motifs is 1. The minimum atomic E-state index is -0.178. The van der Waals surface area contributed by atoms with Gasteiger partial charge >= 0.3 is 5.97 Å². The summed E-state index contributed by atoms with van der Waals surface area (Å²) in [5, 5.41) is 4.55. The zero-order valence-corrected chi connectivity index (χ0v) is 12.5. The first-order chi connectivity index (χ1) is 10.2. The monoisotopic (exact) mass is 290 g/mol. The smallest absolute Gasteiger partial charge is 0.309 e. The second-order valence-electron chi connectivity index (χ2n) is 6.13. The van der Waals surface area contributed by atoms with Crippen LogP contribution in [0.15, 0.2) is 0 Å². The third-order valence-electron chi connectivity index (χ3n) is 4.90. The molecule has 21 heavy (non-hydrogen) atoms. The molecule has 1 saturated carbocycles. The summed E-state index contributed by atoms with van der Waals surface area (Å²) in [5.74, 6) is -0.312. The van der Waals surface area contributed by atoms with Gasteiger partial charge in [-0.3, -0.25) is 14.3 Å². The Labute approximate surface area is 124 Å². The van der Waals surface area contributed by atoms with Gasteiger partial charge in [-0.15, -0.1) is 0 Å². The Kier molecular flexibility index (Phi) is 4.08. The van der Waals surface area contributed by atoms with Crippen LogP contribution in [0.3, 0.4) is 0 Å². The Balaban J connectivity index is 1.90. The zero-order valence-electron chi connectivity index (χ0n) is 12.5. The van der Waals surface area contributed by atoms with E-state index in [1.807, 2.05) is 0 Å². The lowest BCUT2D eigenvalue weighted by atomic mass is 9.86. The van der Waals surface area contributed by atoms with Crippen LogP contribution in [0.5, 0.6) is 0 Å². The normalized spacial score (nSPS) is 22.6. The van der Waals surface area contributed by atoms with Crippen molar-refractivity contribution in [3.05, 3.63) is 17.0 Å². The summed E-state index contributed by atoms with van der Waals surface area (Å²) in [6.07, 6.45) is 9.08. The highest BCUT2D eigenvalue weighted by atomic mass is 16.5. The van der Waals surface area contributed by atoms with Crippen molar-refractivity contribution in [2.24, 2.45) is 5.92 Å². The summed E-state index contributed by atoms with van der Waals surface area (Å²) in [4.78, 5) is 23.1. The van der Waals surface area contributed by atoms with Crippen LogP contribution in [0.25, 0.3) is 0 Å². The van der Waals surface area contributed by atoms with Crippen LogP contribution in [0, 0.1) is 5.92 Å². The van der Waals surface area contributed by atoms with E-state index in [9.17, 15) is 9.59 Å². The predicted octanol–water partition coefficient (Wildman–Crippen LogP) is 2.48. The summed E-state index contributed by atoms with van der Waals surface area (Å²) in [7, 11) is 1.42. The van der Waals surface area contributed by atoms with Crippen LogP contribution in [0.4, 0.5) is 0 Å². The highest BCUT2D eigenvalue weighted by Crippen LogP contribution is 2.34. The number of rotatable bonds is 3. The van der Waals surface area contributed by atoms with E-state index in [1.54, 1.807) is 0 Å². The van der Waals surface area contributed by atoms with Crippen LogP contribution in [0.2, 0.25) is 0 Å². The number of methoxy groups -OCH3 is 1. The molecule has 1 aromatic heterocycles. The lowest BCUT2D eigenvalue weighted by molar-refractivity contribution is -0.145. The summed E-state index contributed by atoms with van der Waals surface area (Å²) in [6, 6.07) is 0.427. The number of aromatic nitrogens is 2. The minimum absolute atomic E-state index is 0.134. The largest absolute Gasteiger partial charge is 0.469 e. The van der Waals surface area contributed by atoms with Crippen molar-refractivity contribution in [2.45, 2.75) is 57.4 Å². The Morgan fingerprint density at radius 1 is 1.29 bits per heavy atom. The van der Waals surface area contributed by atoms with Gasteiger partial charge in [-0.05, 0) is 32.1 Å². The van der Waals surface area contributed by atoms with Crippen LogP contribution < -0.4 is 0 Å². The summed E-state index contributed by atoms with van der Waals surface area (Å²) in [6.45, 7) is 0. The van der Waals surface area contributed by atoms with Gasteiger partial charge in [0.1, 0.15) is 5.69 Å². The Hall–Kier alpha value is -1.65. The van der Waals surface area contributed by atoms with Gasteiger partial charge < -0.3 is 4.74 Å². The molecule has 1 atom stereocenters. The van der Waals surface area contributed by atoms with E-state index in [2.05, 4.69) is 9.78 Å². The van der Waals surface area contributed by atoms with Crippen LogP contribution in [-0.4, -0.2) is 29.1 Å². The number of ether oxygens (including phenoxy) is 1. The molecule has 0 N–H and O–H groups in total. The summed E-state index contributed by atoms with van der Waals surface area (Å²) < 4.78 is 6.94. The van der Waals surface area contributed by atoms with Gasteiger partial charge in [-0.1, -0.05) is 19.3 Å². The third-order valence-corrected chi connectivity index (χ3v) is 4.90. The Bertz CT molecular complexity index is 544. The lowest BCUT2D eigenvalue weighted by Crippen LogP contribution is -2.26. The molecule has 1 unspecified atom stereocenters. The topological polar surface area (TPSA) is 61.2 Å². The van der Waals surface area contributed by atoms with E-state index in [-0.39, 0.29) is 11.9 Å². The fourth-order valence-corrected chi connectivity index (χ4v) is 3.76. The van der Waals surface area contributed by atoms with Gasteiger partial charge in [0.15, 0.2) is 6.29 Å². The second kappa shape index (κ2) is 6.00. The van der Waals surface area contributed by atoms with Crippen molar-refractivity contribution in [3.8, 4) is 0 Å². The average Bonchev–Trinajstić information content (AvgIpc) is 2.92. The molecule has 5 nitrogen and oxygen atoms in total. The zero-order chi connectivity index (χ0) is 14.8. The molecule has 2 aliphatic carbocycles. The number of hydrogen-bond donors (Lipinski definition) is 0. The predicted molar refractivity (Wildman–Crippen MR) is 77.3 cm³/mol. The summed E-state index contributed by atoms with van der Waals surface area (Å²) in [5.41, 5.74) is 2.66. The van der Waals surface area contributed by atoms with Gasteiger partial charge in [-0.2, -0.15) is 5.10 Å². The molecule has 0 aliphatic heterocycles. The maximum atomic E-state index is 11.7. The quantitative estimate of drug-likeness (QED) is 0.634. The number of esters is 1. The number of hydrogen-bond acceptors (Lipinski definition) is 4. The van der Waals surface area contributed by atoms with E-state index in [0.717, 1.165) is 37.5 Å². The SMILES string of the molecule is COC(=O)C1CCc2c(c(C=O)nn2C2CCCCC2)C1. The molecule has 1 heterocycles. The van der Waals surface area contributed by atoms with E-state index < -0.39 is 0 Å². The fraction of sp³-hybridized carbons (Fsp3) is 0.688. The standard InChI is InChI=1S/C16H22N2O3/c1-21-16(20)11-7-8-15-13(9-11)14(10-19)17-18(15)12-5-3-2-4-6-12/h10-12H,2-9H2,1H3. The van der Waals surface area contributed by atoms with E-state index >= 15 is 0 Å². The molecule has 0 spiro atoms. The van der Waals surface area contributed by atoms with Crippen molar-refractivity contribution in [3.63, 3.8) is 0 Å². The van der Waals surface area contributed by atoms with Gasteiger partial charge in [0.25, 0.3) is 0 Å². The molecule has 0 saturated heterocycles. The first kappa shape index (κ1) is 14.3. The van der Waals surface area contributed by atoms with Crippen LogP contribution >= 0.6 is 0 Å². The Morgan fingerprint density at radius 2 is 2.05 bits per heavy atom. The molecule has 2 aliphatic rings. The van der Waals surface area contributed by atoms with Gasteiger partial charge in [0.05, 0.1) is 19.1 Å². The molecular weight excluding hydrogens is 268 g/mol. The molecule has 0 amide bonds. The molecule has 1 fully saturated rings. The molecule has 5 heteroatoms. The molecule has 0 aromatic carbocycles. The van der Waals surface area contributed by atoms with E-state index in [1.165, 1.54) is 32.1 Å². The number of aldehydes is 1. The Morgan fingerprint density at radius 3 is 2.71 bits per heavy atom. The number of carbonyl (C=O) groups excluding carboxylic acids is 2. The molecule has 0 bridgehead atoms. The van der Waals surface area contributed by atoms with Gasteiger partial charge in [0, 0.05) is 11.3 Å². The molecule has 3 rings (SSSR count). The van der Waals surface area contributed by atoms with Crippen molar-refractivity contribution in [1.29, 1.82) is 0 Å². The minimum Gasteiger partial charge on any atom is -0.469 e. The molecular formula is C16H22N2O3. The fourth-order valence-electron chi connectivity index (χ4n) is 3.76. The first-order valence-corrected chi connectivity index (χ1v) is 7.88.